The molecule has 0 amide bonds. The van der Waals surface area contributed by atoms with Crippen LogP contribution >= 0.6 is 0 Å². The Labute approximate surface area is 193 Å². The number of rotatable bonds is 5. The summed E-state index contributed by atoms with van der Waals surface area (Å²) in [6.07, 6.45) is 0. The smallest absolute Gasteiger partial charge is 0.728 e. The molecule has 0 saturated carbocycles. The second-order valence-electron chi connectivity index (χ2n) is 5.32. The molecule has 160 valence electrons. The fourth-order valence-corrected chi connectivity index (χ4v) is 2.22. The standard InChI is InChI=1S/C8H11N3O3S.C7H5F3O3S.Na/c1-11(2)8-5-3-7(4-6-8)9-10-15(12,13)14;8-7(9,10)14(11,12)13-6-4-2-1-3-5-6;/h3-6H,1-2H3,(H,12,13,14);1-5H;/q;;+1/p-1. The molecule has 0 radical (unpaired) electrons. The Kier molecular flexibility index (Phi) is 11.0. The van der Waals surface area contributed by atoms with Crippen molar-refractivity contribution in [2.45, 2.75) is 5.51 Å². The molecular weight excluding hydrogens is 462 g/mol. The summed E-state index contributed by atoms with van der Waals surface area (Å²) < 4.78 is 93.3. The third-order valence-electron chi connectivity index (χ3n) is 2.86. The molecule has 2 aromatic rings. The molecule has 0 bridgehead atoms. The average molecular weight is 477 g/mol. The normalized spacial score (nSPS) is 11.8. The van der Waals surface area contributed by atoms with Gasteiger partial charge in [-0.25, -0.2) is 8.42 Å². The molecule has 9 nitrogen and oxygen atoms in total. The van der Waals surface area contributed by atoms with E-state index in [9.17, 15) is 34.6 Å². The van der Waals surface area contributed by atoms with Gasteiger partial charge in [0, 0.05) is 19.8 Å². The van der Waals surface area contributed by atoms with E-state index in [4.69, 9.17) is 0 Å². The van der Waals surface area contributed by atoms with Crippen molar-refractivity contribution in [2.75, 3.05) is 19.0 Å². The van der Waals surface area contributed by atoms with Crippen molar-refractivity contribution >= 4 is 31.8 Å². The van der Waals surface area contributed by atoms with Crippen LogP contribution in [0.1, 0.15) is 0 Å². The van der Waals surface area contributed by atoms with Gasteiger partial charge >= 0.3 is 45.2 Å². The zero-order valence-corrected chi connectivity index (χ0v) is 19.6. The molecule has 0 aliphatic heterocycles. The van der Waals surface area contributed by atoms with E-state index in [1.807, 2.05) is 19.0 Å². The van der Waals surface area contributed by atoms with Crippen LogP contribution in [-0.2, 0) is 20.4 Å². The van der Waals surface area contributed by atoms with Gasteiger partial charge in [-0.15, -0.1) is 5.11 Å². The van der Waals surface area contributed by atoms with Gasteiger partial charge in [0.15, 0.2) is 0 Å². The number of anilines is 1. The van der Waals surface area contributed by atoms with Crippen molar-refractivity contribution in [1.29, 1.82) is 0 Å². The second kappa shape index (κ2) is 11.6. The third-order valence-corrected chi connectivity index (χ3v) is 4.12. The summed E-state index contributed by atoms with van der Waals surface area (Å²) in [6.45, 7) is 0. The molecule has 0 spiro atoms. The molecule has 2 aromatic carbocycles. The van der Waals surface area contributed by atoms with Crippen LogP contribution in [0.25, 0.3) is 0 Å². The Bertz CT molecular complexity index is 1030. The van der Waals surface area contributed by atoms with Crippen molar-refractivity contribution in [1.82, 2.24) is 0 Å². The summed E-state index contributed by atoms with van der Waals surface area (Å²) in [6, 6.07) is 13.1. The van der Waals surface area contributed by atoms with Crippen LogP contribution in [-0.4, -0.2) is 41.0 Å². The molecule has 0 unspecified atom stereocenters. The van der Waals surface area contributed by atoms with E-state index in [0.717, 1.165) is 17.8 Å². The van der Waals surface area contributed by atoms with Gasteiger partial charge in [-0.1, -0.05) is 22.7 Å². The Morgan fingerprint density at radius 2 is 1.43 bits per heavy atom. The first kappa shape index (κ1) is 28.3. The SMILES string of the molecule is CN(C)c1ccc(N=NS(=O)(=O)[O-])cc1.O=S(=O)(Oc1ccccc1)C(F)(F)F.[Na+]. The molecule has 0 atom stereocenters. The number of hydrogen-bond acceptors (Lipinski definition) is 8. The van der Waals surface area contributed by atoms with Gasteiger partial charge < -0.3 is 13.6 Å². The quantitative estimate of drug-likeness (QED) is 0.198. The molecule has 30 heavy (non-hydrogen) atoms. The van der Waals surface area contributed by atoms with Crippen molar-refractivity contribution in [3.63, 3.8) is 0 Å². The minimum absolute atomic E-state index is 0. The third kappa shape index (κ3) is 10.4. The van der Waals surface area contributed by atoms with Gasteiger partial charge in [0.2, 0.25) is 10.3 Å². The predicted octanol–water partition coefficient (Wildman–Crippen LogP) is 0.216. The molecule has 15 heteroatoms. The zero-order chi connectivity index (χ0) is 22.3. The van der Waals surface area contributed by atoms with Gasteiger partial charge in [-0.05, 0) is 36.4 Å². The number of alkyl halides is 3. The first-order valence-corrected chi connectivity index (χ1v) is 10.2. The molecule has 0 aliphatic carbocycles. The van der Waals surface area contributed by atoms with Gasteiger partial charge in [0.1, 0.15) is 5.75 Å². The summed E-state index contributed by atoms with van der Waals surface area (Å²) in [7, 11) is -6.45. The van der Waals surface area contributed by atoms with Crippen LogP contribution in [0.3, 0.4) is 0 Å². The van der Waals surface area contributed by atoms with E-state index in [0.29, 0.717) is 5.69 Å². The maximum Gasteiger partial charge on any atom is 1.00 e. The molecule has 0 heterocycles. The molecular formula is C15H15F3N3NaO6S2. The molecule has 0 fully saturated rings. The number of halogens is 3. The number of nitrogens with zero attached hydrogens (tertiary/aromatic N) is 3. The minimum Gasteiger partial charge on any atom is -0.728 e. The number of para-hydroxylation sites is 1. The van der Waals surface area contributed by atoms with Crippen LogP contribution in [0.2, 0.25) is 0 Å². The van der Waals surface area contributed by atoms with Crippen LogP contribution in [0, 0.1) is 0 Å². The maximum atomic E-state index is 11.8. The predicted molar refractivity (Wildman–Crippen MR) is 97.0 cm³/mol. The monoisotopic (exact) mass is 477 g/mol. The Morgan fingerprint density at radius 1 is 0.933 bits per heavy atom. The van der Waals surface area contributed by atoms with Gasteiger partial charge in [-0.2, -0.15) is 21.6 Å². The van der Waals surface area contributed by atoms with Crippen molar-refractivity contribution in [2.24, 2.45) is 9.63 Å². The van der Waals surface area contributed by atoms with Crippen LogP contribution in [0.15, 0.2) is 64.2 Å². The summed E-state index contributed by atoms with van der Waals surface area (Å²) in [5.41, 5.74) is -4.14. The summed E-state index contributed by atoms with van der Waals surface area (Å²) in [5.74, 6) is -0.371. The second-order valence-corrected chi connectivity index (χ2v) is 7.87. The molecule has 0 aromatic heterocycles. The van der Waals surface area contributed by atoms with E-state index < -0.39 is 25.9 Å². The molecule has 0 N–H and O–H groups in total. The van der Waals surface area contributed by atoms with Gasteiger partial charge in [0.05, 0.1) is 5.69 Å². The minimum atomic E-state index is -5.55. The maximum absolute atomic E-state index is 11.8. The van der Waals surface area contributed by atoms with Crippen molar-refractivity contribution in [3.8, 4) is 5.75 Å². The topological polar surface area (TPSA) is 129 Å². The van der Waals surface area contributed by atoms with E-state index >= 15 is 0 Å². The average Bonchev–Trinajstić information content (AvgIpc) is 2.60. The van der Waals surface area contributed by atoms with Crippen molar-refractivity contribution < 1.29 is 68.3 Å². The Hall–Kier alpha value is -1.71. The number of benzene rings is 2. The Morgan fingerprint density at radius 3 is 1.83 bits per heavy atom. The van der Waals surface area contributed by atoms with Crippen LogP contribution in [0.4, 0.5) is 24.5 Å². The summed E-state index contributed by atoms with van der Waals surface area (Å²) in [5, 5.41) is 3.28. The first-order chi connectivity index (χ1) is 13.2. The Balaban J connectivity index is 0.000000544. The van der Waals surface area contributed by atoms with Gasteiger partial charge in [0.25, 0.3) is 0 Å². The van der Waals surface area contributed by atoms with E-state index in [-0.39, 0.29) is 35.3 Å². The zero-order valence-electron chi connectivity index (χ0n) is 15.9. The summed E-state index contributed by atoms with van der Waals surface area (Å²) >= 11 is 0. The van der Waals surface area contributed by atoms with Crippen molar-refractivity contribution in [3.05, 3.63) is 54.6 Å². The fourth-order valence-electron chi connectivity index (χ4n) is 1.56. The van der Waals surface area contributed by atoms with E-state index in [1.165, 1.54) is 18.2 Å². The molecule has 0 aliphatic rings. The van der Waals surface area contributed by atoms with Crippen LogP contribution in [0.5, 0.6) is 5.75 Å². The van der Waals surface area contributed by atoms with E-state index in [2.05, 4.69) is 13.8 Å². The van der Waals surface area contributed by atoms with E-state index in [1.54, 1.807) is 24.3 Å². The molecule has 0 saturated heterocycles. The number of hydrogen-bond donors (Lipinski definition) is 0. The van der Waals surface area contributed by atoms with Crippen LogP contribution < -0.4 is 38.6 Å². The van der Waals surface area contributed by atoms with Gasteiger partial charge in [-0.3, -0.25) is 0 Å². The first-order valence-electron chi connectivity index (χ1n) is 7.43. The molecule has 2 rings (SSSR count). The largest absolute Gasteiger partial charge is 1.00 e. The summed E-state index contributed by atoms with van der Waals surface area (Å²) in [4.78, 5) is 1.88. The fraction of sp³-hybridized carbons (Fsp3) is 0.200.